The molecule has 0 spiro atoms. The van der Waals surface area contributed by atoms with E-state index in [1.165, 1.54) is 18.4 Å². The summed E-state index contributed by atoms with van der Waals surface area (Å²) >= 11 is 0. The van der Waals surface area contributed by atoms with E-state index in [-0.39, 0.29) is 12.5 Å². The Hall–Kier alpha value is -2.37. The zero-order valence-corrected chi connectivity index (χ0v) is 14.6. The molecule has 0 saturated carbocycles. The molecule has 3 rings (SSSR count). The lowest BCUT2D eigenvalue weighted by Gasteiger charge is -2.36. The molecule has 132 valence electrons. The maximum atomic E-state index is 11.5. The molecule has 0 aliphatic carbocycles. The third-order valence-electron chi connectivity index (χ3n) is 4.41. The molecule has 0 radical (unpaired) electrons. The zero-order valence-electron chi connectivity index (χ0n) is 14.6. The monoisotopic (exact) mass is 339 g/mol. The molecule has 0 atom stereocenters. The second kappa shape index (κ2) is 8.65. The molecule has 1 amide bonds. The van der Waals surface area contributed by atoms with Crippen LogP contribution in [0.5, 0.6) is 0 Å². The van der Waals surface area contributed by atoms with Gasteiger partial charge in [-0.15, -0.1) is 0 Å². The second-order valence-electron chi connectivity index (χ2n) is 6.28. The predicted molar refractivity (Wildman–Crippen MR) is 101 cm³/mol. The highest BCUT2D eigenvalue weighted by atomic mass is 16.5. The van der Waals surface area contributed by atoms with E-state index >= 15 is 0 Å². The Labute approximate surface area is 149 Å². The third-order valence-corrected chi connectivity index (χ3v) is 4.41. The number of amides is 1. The van der Waals surface area contributed by atoms with Crippen molar-refractivity contribution in [1.29, 1.82) is 0 Å². The number of piperazine rings is 1. The smallest absolute Gasteiger partial charge is 0.250 e. The topological polar surface area (TPSA) is 44.8 Å². The Balaban J connectivity index is 1.50. The van der Waals surface area contributed by atoms with E-state index in [1.54, 1.807) is 0 Å². The van der Waals surface area contributed by atoms with Gasteiger partial charge in [0, 0.05) is 51.2 Å². The average Bonchev–Trinajstić information content (AvgIpc) is 2.64. The molecule has 0 aromatic heterocycles. The van der Waals surface area contributed by atoms with Gasteiger partial charge in [-0.3, -0.25) is 9.69 Å². The lowest BCUT2D eigenvalue weighted by atomic mass is 10.2. The van der Waals surface area contributed by atoms with Crippen molar-refractivity contribution in [2.75, 3.05) is 50.1 Å². The van der Waals surface area contributed by atoms with Crippen LogP contribution in [0.25, 0.3) is 0 Å². The van der Waals surface area contributed by atoms with Gasteiger partial charge in [0.2, 0.25) is 5.91 Å². The number of rotatable bonds is 6. The van der Waals surface area contributed by atoms with E-state index < -0.39 is 0 Å². The number of carbonyl (C=O) groups is 1. The molecule has 5 nitrogen and oxygen atoms in total. The van der Waals surface area contributed by atoms with Gasteiger partial charge in [-0.25, -0.2) is 0 Å². The van der Waals surface area contributed by atoms with Crippen LogP contribution in [-0.4, -0.2) is 50.7 Å². The van der Waals surface area contributed by atoms with Crippen molar-refractivity contribution in [2.45, 2.75) is 6.54 Å². The molecule has 1 aliphatic heterocycles. The van der Waals surface area contributed by atoms with Crippen LogP contribution in [0.2, 0.25) is 0 Å². The van der Waals surface area contributed by atoms with E-state index in [9.17, 15) is 4.79 Å². The fourth-order valence-electron chi connectivity index (χ4n) is 3.09. The number of benzene rings is 2. The van der Waals surface area contributed by atoms with Crippen molar-refractivity contribution in [1.82, 2.24) is 4.90 Å². The van der Waals surface area contributed by atoms with Gasteiger partial charge < -0.3 is 15.0 Å². The number of ether oxygens (including phenoxy) is 1. The van der Waals surface area contributed by atoms with Crippen molar-refractivity contribution in [2.24, 2.45) is 0 Å². The van der Waals surface area contributed by atoms with Crippen molar-refractivity contribution in [3.63, 3.8) is 0 Å². The van der Waals surface area contributed by atoms with Crippen molar-refractivity contribution >= 4 is 17.3 Å². The summed E-state index contributed by atoms with van der Waals surface area (Å²) in [4.78, 5) is 16.4. The quantitative estimate of drug-likeness (QED) is 0.879. The van der Waals surface area contributed by atoms with Gasteiger partial charge in [0.05, 0.1) is 0 Å². The fourth-order valence-corrected chi connectivity index (χ4v) is 3.09. The first-order valence-electron chi connectivity index (χ1n) is 8.64. The highest BCUT2D eigenvalue weighted by Gasteiger charge is 2.17. The van der Waals surface area contributed by atoms with E-state index in [0.717, 1.165) is 38.4 Å². The molecule has 1 aliphatic rings. The number of nitrogens with zero attached hydrogens (tertiary/aromatic N) is 2. The molecular weight excluding hydrogens is 314 g/mol. The third kappa shape index (κ3) is 5.05. The van der Waals surface area contributed by atoms with E-state index in [1.807, 2.05) is 12.1 Å². The van der Waals surface area contributed by atoms with Gasteiger partial charge in [0.15, 0.2) is 0 Å². The van der Waals surface area contributed by atoms with Crippen LogP contribution in [-0.2, 0) is 16.1 Å². The number of hydrogen-bond acceptors (Lipinski definition) is 4. The molecule has 2 aromatic carbocycles. The summed E-state index contributed by atoms with van der Waals surface area (Å²) in [7, 11) is 1.51. The number of hydrogen-bond donors (Lipinski definition) is 1. The molecule has 25 heavy (non-hydrogen) atoms. The Kier molecular flexibility index (Phi) is 6.04. The highest BCUT2D eigenvalue weighted by molar-refractivity contribution is 5.91. The van der Waals surface area contributed by atoms with Crippen LogP contribution in [0.4, 0.5) is 11.4 Å². The predicted octanol–water partition coefficient (Wildman–Crippen LogP) is 2.59. The molecule has 0 bridgehead atoms. The largest absolute Gasteiger partial charge is 0.375 e. The van der Waals surface area contributed by atoms with Gasteiger partial charge in [0.1, 0.15) is 6.61 Å². The lowest BCUT2D eigenvalue weighted by molar-refractivity contribution is -0.119. The van der Waals surface area contributed by atoms with Crippen molar-refractivity contribution < 1.29 is 9.53 Å². The van der Waals surface area contributed by atoms with Crippen LogP contribution in [0.3, 0.4) is 0 Å². The minimum Gasteiger partial charge on any atom is -0.375 e. The van der Waals surface area contributed by atoms with E-state index in [4.69, 9.17) is 4.74 Å². The van der Waals surface area contributed by atoms with Crippen molar-refractivity contribution in [3.8, 4) is 0 Å². The summed E-state index contributed by atoms with van der Waals surface area (Å²) in [6, 6.07) is 18.6. The maximum Gasteiger partial charge on any atom is 0.250 e. The van der Waals surface area contributed by atoms with Crippen LogP contribution >= 0.6 is 0 Å². The first-order chi connectivity index (χ1) is 12.2. The summed E-state index contributed by atoms with van der Waals surface area (Å²) in [6.07, 6.45) is 0. The van der Waals surface area contributed by atoms with Crippen molar-refractivity contribution in [3.05, 3.63) is 60.2 Å². The van der Waals surface area contributed by atoms with Crippen LogP contribution < -0.4 is 10.2 Å². The van der Waals surface area contributed by atoms with Gasteiger partial charge in [-0.05, 0) is 29.8 Å². The fraction of sp³-hybridized carbons (Fsp3) is 0.350. The first kappa shape index (κ1) is 17.5. The zero-order chi connectivity index (χ0) is 17.5. The van der Waals surface area contributed by atoms with Crippen LogP contribution in [0.15, 0.2) is 54.6 Å². The lowest BCUT2D eigenvalue weighted by Crippen LogP contribution is -2.45. The minimum absolute atomic E-state index is 0.0745. The van der Waals surface area contributed by atoms with E-state index in [0.29, 0.717) is 0 Å². The summed E-state index contributed by atoms with van der Waals surface area (Å²) < 4.78 is 4.82. The summed E-state index contributed by atoms with van der Waals surface area (Å²) in [6.45, 7) is 5.23. The number of methoxy groups -OCH3 is 1. The Bertz CT molecular complexity index is 665. The standard InChI is InChI=1S/C20H25N3O2/c1-25-16-20(24)21-18-7-9-19(10-8-18)23-13-11-22(12-14-23)15-17-5-3-2-4-6-17/h2-10H,11-16H2,1H3,(H,21,24). The normalized spacial score (nSPS) is 15.2. The molecule has 5 heteroatoms. The summed E-state index contributed by atoms with van der Waals surface area (Å²) in [5, 5.41) is 2.82. The minimum atomic E-state index is -0.134. The Morgan fingerprint density at radius 3 is 2.32 bits per heavy atom. The highest BCUT2D eigenvalue weighted by Crippen LogP contribution is 2.20. The molecular formula is C20H25N3O2. The Morgan fingerprint density at radius 1 is 1.00 bits per heavy atom. The van der Waals surface area contributed by atoms with Gasteiger partial charge in [0.25, 0.3) is 0 Å². The van der Waals surface area contributed by atoms with Crippen LogP contribution in [0.1, 0.15) is 5.56 Å². The SMILES string of the molecule is COCC(=O)Nc1ccc(N2CCN(Cc3ccccc3)CC2)cc1. The molecule has 1 saturated heterocycles. The maximum absolute atomic E-state index is 11.5. The number of nitrogens with one attached hydrogen (secondary N) is 1. The Morgan fingerprint density at radius 2 is 1.68 bits per heavy atom. The number of carbonyl (C=O) groups excluding carboxylic acids is 1. The van der Waals surface area contributed by atoms with Gasteiger partial charge >= 0.3 is 0 Å². The van der Waals surface area contributed by atoms with Gasteiger partial charge in [-0.2, -0.15) is 0 Å². The number of anilines is 2. The van der Waals surface area contributed by atoms with Crippen LogP contribution in [0, 0.1) is 0 Å². The summed E-state index contributed by atoms with van der Waals surface area (Å²) in [5.41, 5.74) is 3.37. The molecule has 1 fully saturated rings. The first-order valence-corrected chi connectivity index (χ1v) is 8.64. The molecule has 1 heterocycles. The molecule has 0 unspecified atom stereocenters. The second-order valence-corrected chi connectivity index (χ2v) is 6.28. The van der Waals surface area contributed by atoms with Gasteiger partial charge in [-0.1, -0.05) is 30.3 Å². The van der Waals surface area contributed by atoms with E-state index in [2.05, 4.69) is 57.6 Å². The molecule has 1 N–H and O–H groups in total. The average molecular weight is 339 g/mol. The summed E-state index contributed by atoms with van der Waals surface area (Å²) in [5.74, 6) is -0.134. The molecule has 2 aromatic rings.